The van der Waals surface area contributed by atoms with E-state index in [1.165, 1.54) is 10.8 Å². The van der Waals surface area contributed by atoms with E-state index in [0.29, 0.717) is 18.0 Å². The van der Waals surface area contributed by atoms with E-state index < -0.39 is 10.9 Å². The van der Waals surface area contributed by atoms with Gasteiger partial charge < -0.3 is 19.6 Å². The van der Waals surface area contributed by atoms with E-state index >= 15 is 0 Å². The van der Waals surface area contributed by atoms with Crippen molar-refractivity contribution >= 4 is 11.8 Å². The first-order valence-electron chi connectivity index (χ1n) is 6.95. The topological polar surface area (TPSA) is 96.5 Å². The molecule has 8 heteroatoms. The Morgan fingerprint density at radius 3 is 2.83 bits per heavy atom. The average molecular weight is 319 g/mol. The van der Waals surface area contributed by atoms with Crippen LogP contribution in [-0.4, -0.2) is 34.2 Å². The molecular weight excluding hydrogens is 302 g/mol. The standard InChI is InChI=1S/C15H17N3O5/c1-11-16-9-14(18(20)21)17(11)7-8-23-15(19)13-6-4-3-5-12(13)10-22-2/h3-6,9H,7-8,10H2,1-2H3. The molecule has 1 aromatic heterocycles. The molecule has 0 unspecified atom stereocenters. The van der Waals surface area contributed by atoms with Crippen molar-refractivity contribution in [2.24, 2.45) is 0 Å². The van der Waals surface area contributed by atoms with Gasteiger partial charge in [-0.1, -0.05) is 18.2 Å². The third-order valence-corrected chi connectivity index (χ3v) is 3.31. The van der Waals surface area contributed by atoms with E-state index in [1.54, 1.807) is 32.2 Å². The molecule has 0 bridgehead atoms. The van der Waals surface area contributed by atoms with Gasteiger partial charge in [0, 0.05) is 14.0 Å². The van der Waals surface area contributed by atoms with Crippen molar-refractivity contribution in [2.45, 2.75) is 20.1 Å². The van der Waals surface area contributed by atoms with Crippen LogP contribution in [0.15, 0.2) is 30.5 Å². The van der Waals surface area contributed by atoms with Crippen molar-refractivity contribution in [1.29, 1.82) is 0 Å². The minimum absolute atomic E-state index is 0.0121. The van der Waals surface area contributed by atoms with Crippen molar-refractivity contribution in [3.05, 3.63) is 57.5 Å². The van der Waals surface area contributed by atoms with Crippen LogP contribution in [0, 0.1) is 17.0 Å². The third kappa shape index (κ3) is 3.92. The molecule has 0 spiro atoms. The van der Waals surface area contributed by atoms with Crippen LogP contribution in [0.3, 0.4) is 0 Å². The number of benzene rings is 1. The second-order valence-corrected chi connectivity index (χ2v) is 4.80. The molecule has 0 aliphatic carbocycles. The summed E-state index contributed by atoms with van der Waals surface area (Å²) in [6, 6.07) is 6.98. The Labute approximate surface area is 132 Å². The Bertz CT molecular complexity index is 711. The zero-order valence-electron chi connectivity index (χ0n) is 12.9. The Hall–Kier alpha value is -2.74. The number of carbonyl (C=O) groups excluding carboxylic acids is 1. The maximum Gasteiger partial charge on any atom is 0.342 e. The van der Waals surface area contributed by atoms with E-state index in [2.05, 4.69) is 4.98 Å². The van der Waals surface area contributed by atoms with Crippen LogP contribution in [0.2, 0.25) is 0 Å². The van der Waals surface area contributed by atoms with Gasteiger partial charge in [-0.05, 0) is 16.6 Å². The number of aryl methyl sites for hydroxylation is 1. The zero-order chi connectivity index (χ0) is 16.8. The Balaban J connectivity index is 2.01. The molecule has 8 nitrogen and oxygen atoms in total. The predicted octanol–water partition coefficient (Wildman–Crippen LogP) is 2.10. The van der Waals surface area contributed by atoms with Gasteiger partial charge in [0.05, 0.1) is 12.2 Å². The maximum absolute atomic E-state index is 12.1. The Morgan fingerprint density at radius 2 is 2.13 bits per heavy atom. The van der Waals surface area contributed by atoms with Crippen LogP contribution in [0.25, 0.3) is 0 Å². The lowest BCUT2D eigenvalue weighted by Gasteiger charge is -2.09. The highest BCUT2D eigenvalue weighted by atomic mass is 16.6. The molecule has 0 aliphatic rings. The van der Waals surface area contributed by atoms with E-state index in [9.17, 15) is 14.9 Å². The van der Waals surface area contributed by atoms with Crippen LogP contribution in [0.1, 0.15) is 21.7 Å². The van der Waals surface area contributed by atoms with Crippen molar-refractivity contribution < 1.29 is 19.2 Å². The van der Waals surface area contributed by atoms with Crippen LogP contribution < -0.4 is 0 Å². The summed E-state index contributed by atoms with van der Waals surface area (Å²) in [7, 11) is 1.54. The number of hydrogen-bond donors (Lipinski definition) is 0. The molecule has 0 saturated heterocycles. The summed E-state index contributed by atoms with van der Waals surface area (Å²) in [5.74, 6) is -0.121. The quantitative estimate of drug-likeness (QED) is 0.440. The monoisotopic (exact) mass is 319 g/mol. The van der Waals surface area contributed by atoms with Gasteiger partial charge in [-0.15, -0.1) is 0 Å². The van der Waals surface area contributed by atoms with Gasteiger partial charge in [-0.3, -0.25) is 0 Å². The number of esters is 1. The highest BCUT2D eigenvalue weighted by Crippen LogP contribution is 2.14. The number of nitrogens with zero attached hydrogens (tertiary/aromatic N) is 3. The molecule has 2 aromatic rings. The number of rotatable bonds is 7. The zero-order valence-corrected chi connectivity index (χ0v) is 12.9. The summed E-state index contributed by atoms with van der Waals surface area (Å²) >= 11 is 0. The fourth-order valence-electron chi connectivity index (χ4n) is 2.19. The number of carbonyl (C=O) groups is 1. The van der Waals surface area contributed by atoms with Gasteiger partial charge >= 0.3 is 11.8 Å². The maximum atomic E-state index is 12.1. The molecule has 0 aliphatic heterocycles. The number of methoxy groups -OCH3 is 1. The molecule has 0 N–H and O–H groups in total. The predicted molar refractivity (Wildman–Crippen MR) is 81.1 cm³/mol. The lowest BCUT2D eigenvalue weighted by Crippen LogP contribution is -2.15. The summed E-state index contributed by atoms with van der Waals surface area (Å²) in [6.07, 6.45) is 1.19. The SMILES string of the molecule is COCc1ccccc1C(=O)OCCn1c([N+](=O)[O-])cnc1C. The first-order chi connectivity index (χ1) is 11.0. The summed E-state index contributed by atoms with van der Waals surface area (Å²) in [6.45, 7) is 2.14. The van der Waals surface area contributed by atoms with E-state index in [-0.39, 0.29) is 19.0 Å². The lowest BCUT2D eigenvalue weighted by atomic mass is 10.1. The number of nitro groups is 1. The summed E-state index contributed by atoms with van der Waals surface area (Å²) in [4.78, 5) is 26.4. The first kappa shape index (κ1) is 16.6. The van der Waals surface area contributed by atoms with Gasteiger partial charge in [0.15, 0.2) is 5.82 Å². The Morgan fingerprint density at radius 1 is 1.39 bits per heavy atom. The molecule has 1 heterocycles. The summed E-state index contributed by atoms with van der Waals surface area (Å²) < 4.78 is 11.7. The molecule has 0 fully saturated rings. The van der Waals surface area contributed by atoms with Gasteiger partial charge in [0.1, 0.15) is 19.3 Å². The van der Waals surface area contributed by atoms with Crippen molar-refractivity contribution in [2.75, 3.05) is 13.7 Å². The molecule has 1 aromatic carbocycles. The third-order valence-electron chi connectivity index (χ3n) is 3.31. The summed E-state index contributed by atoms with van der Waals surface area (Å²) in [5, 5.41) is 10.9. The number of imidazole rings is 1. The second-order valence-electron chi connectivity index (χ2n) is 4.80. The molecule has 0 radical (unpaired) electrons. The fraction of sp³-hybridized carbons (Fsp3) is 0.333. The van der Waals surface area contributed by atoms with Crippen LogP contribution >= 0.6 is 0 Å². The lowest BCUT2D eigenvalue weighted by molar-refractivity contribution is -0.392. The Kier molecular flexibility index (Phi) is 5.42. The minimum atomic E-state index is -0.518. The van der Waals surface area contributed by atoms with Crippen molar-refractivity contribution in [1.82, 2.24) is 9.55 Å². The van der Waals surface area contributed by atoms with Crippen molar-refractivity contribution in [3.8, 4) is 0 Å². The smallest absolute Gasteiger partial charge is 0.342 e. The van der Waals surface area contributed by atoms with Crippen LogP contribution in [-0.2, 0) is 22.6 Å². The van der Waals surface area contributed by atoms with E-state index in [0.717, 1.165) is 5.56 Å². The largest absolute Gasteiger partial charge is 0.458 e. The van der Waals surface area contributed by atoms with Gasteiger partial charge in [0.2, 0.25) is 0 Å². The number of aromatic nitrogens is 2. The molecule has 122 valence electrons. The van der Waals surface area contributed by atoms with Crippen molar-refractivity contribution in [3.63, 3.8) is 0 Å². The molecule has 2 rings (SSSR count). The van der Waals surface area contributed by atoms with E-state index in [1.807, 2.05) is 6.07 Å². The molecule has 23 heavy (non-hydrogen) atoms. The number of ether oxygens (including phenoxy) is 2. The highest BCUT2D eigenvalue weighted by Gasteiger charge is 2.18. The molecule has 0 atom stereocenters. The molecular formula is C15H17N3O5. The number of hydrogen-bond acceptors (Lipinski definition) is 6. The van der Waals surface area contributed by atoms with Gasteiger partial charge in [0.25, 0.3) is 0 Å². The molecule has 0 saturated carbocycles. The van der Waals surface area contributed by atoms with Gasteiger partial charge in [-0.25, -0.2) is 14.3 Å². The minimum Gasteiger partial charge on any atom is -0.458 e. The average Bonchev–Trinajstić information content (AvgIpc) is 2.89. The highest BCUT2D eigenvalue weighted by molar-refractivity contribution is 5.91. The first-order valence-corrected chi connectivity index (χ1v) is 6.95. The second kappa shape index (κ2) is 7.50. The summed E-state index contributed by atoms with van der Waals surface area (Å²) in [5.41, 5.74) is 1.15. The fourth-order valence-corrected chi connectivity index (χ4v) is 2.19. The van der Waals surface area contributed by atoms with Crippen LogP contribution in [0.5, 0.6) is 0 Å². The normalized spacial score (nSPS) is 10.5. The molecule has 0 amide bonds. The van der Waals surface area contributed by atoms with Crippen LogP contribution in [0.4, 0.5) is 5.82 Å². The van der Waals surface area contributed by atoms with E-state index in [4.69, 9.17) is 9.47 Å². The van der Waals surface area contributed by atoms with Gasteiger partial charge in [-0.2, -0.15) is 0 Å².